The molecule has 0 aromatic heterocycles. The normalized spacial score (nSPS) is 35.4. The van der Waals surface area contributed by atoms with Crippen molar-refractivity contribution in [2.75, 3.05) is 19.8 Å². The van der Waals surface area contributed by atoms with Gasteiger partial charge in [-0.05, 0) is 6.92 Å². The second-order valence-electron chi connectivity index (χ2n) is 5.71. The third-order valence-electron chi connectivity index (χ3n) is 3.49. The molecule has 0 aliphatic carbocycles. The number of carboxylic acid groups (broad SMARTS) is 1. The second-order valence-corrected chi connectivity index (χ2v) is 5.71. The molecule has 4 N–H and O–H groups in total. The van der Waals surface area contributed by atoms with Gasteiger partial charge in [0, 0.05) is 5.41 Å². The molecule has 1 unspecified atom stereocenters. The van der Waals surface area contributed by atoms with Crippen LogP contribution in [0.1, 0.15) is 20.3 Å². The maximum atomic E-state index is 11.8. The van der Waals surface area contributed by atoms with E-state index in [-0.39, 0.29) is 5.41 Å². The summed E-state index contributed by atoms with van der Waals surface area (Å²) in [5.41, 5.74) is 5.33. The summed E-state index contributed by atoms with van der Waals surface area (Å²) in [6, 6.07) is -1.72. The van der Waals surface area contributed by atoms with E-state index in [4.69, 9.17) is 25.1 Å². The summed E-state index contributed by atoms with van der Waals surface area (Å²) in [6.45, 7) is 5.10. The van der Waals surface area contributed by atoms with Crippen molar-refractivity contribution in [1.82, 2.24) is 5.32 Å². The first-order valence-electron chi connectivity index (χ1n) is 6.46. The molecule has 3 aliphatic heterocycles. The van der Waals surface area contributed by atoms with Gasteiger partial charge in [0.05, 0.1) is 32.3 Å². The molecule has 20 heavy (non-hydrogen) atoms. The first kappa shape index (κ1) is 15.2. The highest BCUT2D eigenvalue weighted by atomic mass is 16.9. The lowest BCUT2D eigenvalue weighted by atomic mass is 9.91. The van der Waals surface area contributed by atoms with Crippen molar-refractivity contribution in [2.45, 2.75) is 38.3 Å². The van der Waals surface area contributed by atoms with Gasteiger partial charge in [-0.15, -0.1) is 0 Å². The van der Waals surface area contributed by atoms with Gasteiger partial charge < -0.3 is 30.4 Å². The van der Waals surface area contributed by atoms with E-state index in [2.05, 4.69) is 5.32 Å². The van der Waals surface area contributed by atoms with E-state index in [1.165, 1.54) is 0 Å². The number of hydrogen-bond donors (Lipinski definition) is 3. The van der Waals surface area contributed by atoms with Crippen molar-refractivity contribution in [1.29, 1.82) is 0 Å². The van der Waals surface area contributed by atoms with Gasteiger partial charge in [-0.1, -0.05) is 6.92 Å². The maximum absolute atomic E-state index is 11.8. The first-order chi connectivity index (χ1) is 9.26. The van der Waals surface area contributed by atoms with Crippen LogP contribution < -0.4 is 11.1 Å². The number of fused-ring (bicyclic) bond motifs is 3. The van der Waals surface area contributed by atoms with E-state index in [1.54, 1.807) is 6.92 Å². The molecule has 114 valence electrons. The average Bonchev–Trinajstić information content (AvgIpc) is 2.39. The second kappa shape index (κ2) is 5.28. The molecule has 3 fully saturated rings. The van der Waals surface area contributed by atoms with Gasteiger partial charge in [0.15, 0.2) is 0 Å². The van der Waals surface area contributed by atoms with E-state index in [1.807, 2.05) is 6.92 Å². The fourth-order valence-electron chi connectivity index (χ4n) is 2.14. The molecule has 0 spiro atoms. The summed E-state index contributed by atoms with van der Waals surface area (Å²) in [4.78, 5) is 22.3. The number of amides is 1. The molecule has 2 bridgehead atoms. The van der Waals surface area contributed by atoms with Crippen molar-refractivity contribution in [3.8, 4) is 0 Å². The predicted molar refractivity (Wildman–Crippen MR) is 66.5 cm³/mol. The molecule has 8 nitrogen and oxygen atoms in total. The highest BCUT2D eigenvalue weighted by Crippen LogP contribution is 2.39. The number of hydrogen-bond acceptors (Lipinski definition) is 6. The molecule has 0 radical (unpaired) electrons. The summed E-state index contributed by atoms with van der Waals surface area (Å²) < 4.78 is 16.7. The van der Waals surface area contributed by atoms with Gasteiger partial charge >= 0.3 is 11.9 Å². The van der Waals surface area contributed by atoms with Gasteiger partial charge in [-0.2, -0.15) is 0 Å². The molecular formula is C12H20N2O6. The Morgan fingerprint density at radius 1 is 1.30 bits per heavy atom. The molecule has 3 rings (SSSR count). The van der Waals surface area contributed by atoms with Gasteiger partial charge in [0.1, 0.15) is 6.04 Å². The lowest BCUT2D eigenvalue weighted by Crippen LogP contribution is -2.67. The largest absolute Gasteiger partial charge is 0.481 e. The van der Waals surface area contributed by atoms with E-state index in [0.29, 0.717) is 19.8 Å². The van der Waals surface area contributed by atoms with E-state index in [9.17, 15) is 9.59 Å². The van der Waals surface area contributed by atoms with Crippen molar-refractivity contribution in [3.05, 3.63) is 0 Å². The number of aliphatic carboxylic acids is 1. The van der Waals surface area contributed by atoms with E-state index < -0.39 is 36.4 Å². The monoisotopic (exact) mass is 288 g/mol. The molecule has 0 saturated carbocycles. The molecule has 0 aromatic carbocycles. The quantitative estimate of drug-likeness (QED) is 0.595. The van der Waals surface area contributed by atoms with Crippen LogP contribution in [0.3, 0.4) is 0 Å². The minimum absolute atomic E-state index is 0.162. The topological polar surface area (TPSA) is 120 Å². The number of carboxylic acids is 1. The summed E-state index contributed by atoms with van der Waals surface area (Å²) in [5.74, 6) is -3.02. The van der Waals surface area contributed by atoms with E-state index in [0.717, 1.165) is 0 Å². The smallest absolute Gasteiger partial charge is 0.305 e. The van der Waals surface area contributed by atoms with Crippen LogP contribution in [-0.4, -0.2) is 54.9 Å². The van der Waals surface area contributed by atoms with Crippen LogP contribution in [0, 0.1) is 5.41 Å². The maximum Gasteiger partial charge on any atom is 0.305 e. The standard InChI is InChI=1S/C12H20N2O6/c1-7(14-10(17)8(13)3-9(15)16)12-18-4-11(2,5-19-12)6-20-12/h7-8H,3-6,13H2,1-2H3,(H,14,17)(H,15,16)/t7?,8-,11?,12?/m0/s1. The number of ether oxygens (including phenoxy) is 3. The summed E-state index contributed by atoms with van der Waals surface area (Å²) in [6.07, 6.45) is -0.438. The minimum Gasteiger partial charge on any atom is -0.481 e. The van der Waals surface area contributed by atoms with Gasteiger partial charge in [0.2, 0.25) is 5.91 Å². The molecule has 3 aliphatic rings. The fourth-order valence-corrected chi connectivity index (χ4v) is 2.14. The third kappa shape index (κ3) is 2.93. The number of carbonyl (C=O) groups excluding carboxylic acids is 1. The number of nitrogens with two attached hydrogens (primary N) is 1. The Hall–Kier alpha value is -1.22. The van der Waals surface area contributed by atoms with Crippen LogP contribution in [0.5, 0.6) is 0 Å². The Morgan fingerprint density at radius 3 is 2.25 bits per heavy atom. The number of carbonyl (C=O) groups is 2. The summed E-state index contributed by atoms with van der Waals surface area (Å²) in [5, 5.41) is 11.2. The van der Waals surface area contributed by atoms with Crippen molar-refractivity contribution >= 4 is 11.9 Å². The predicted octanol–water partition coefficient (Wildman–Crippen LogP) is -0.970. The van der Waals surface area contributed by atoms with Crippen molar-refractivity contribution < 1.29 is 28.9 Å². The van der Waals surface area contributed by atoms with Crippen LogP contribution in [0.2, 0.25) is 0 Å². The van der Waals surface area contributed by atoms with Crippen LogP contribution in [0.15, 0.2) is 0 Å². The van der Waals surface area contributed by atoms with Crippen molar-refractivity contribution in [2.24, 2.45) is 11.1 Å². The minimum atomic E-state index is -1.31. The van der Waals surface area contributed by atoms with Crippen LogP contribution in [0.25, 0.3) is 0 Å². The molecule has 2 atom stereocenters. The molecule has 3 heterocycles. The van der Waals surface area contributed by atoms with Gasteiger partial charge in [-0.25, -0.2) is 0 Å². The zero-order valence-electron chi connectivity index (χ0n) is 11.5. The summed E-state index contributed by atoms with van der Waals surface area (Å²) in [7, 11) is 0. The van der Waals surface area contributed by atoms with Crippen LogP contribution >= 0.6 is 0 Å². The lowest BCUT2D eigenvalue weighted by molar-refractivity contribution is -0.472. The van der Waals surface area contributed by atoms with Crippen molar-refractivity contribution in [3.63, 3.8) is 0 Å². The fraction of sp³-hybridized carbons (Fsp3) is 0.833. The van der Waals surface area contributed by atoms with E-state index >= 15 is 0 Å². The number of nitrogens with one attached hydrogen (secondary N) is 1. The zero-order chi connectivity index (χ0) is 15.0. The molecular weight excluding hydrogens is 268 g/mol. The Balaban J connectivity index is 1.93. The zero-order valence-corrected chi connectivity index (χ0v) is 11.5. The van der Waals surface area contributed by atoms with Crippen LogP contribution in [-0.2, 0) is 23.8 Å². The van der Waals surface area contributed by atoms with Gasteiger partial charge in [0.25, 0.3) is 0 Å². The Kier molecular flexibility index (Phi) is 4.01. The Morgan fingerprint density at radius 2 is 1.80 bits per heavy atom. The molecule has 0 aromatic rings. The average molecular weight is 288 g/mol. The van der Waals surface area contributed by atoms with Gasteiger partial charge in [-0.3, -0.25) is 9.59 Å². The molecule has 1 amide bonds. The molecule has 8 heteroatoms. The SMILES string of the molecule is CC(NC(=O)[C@@H](N)CC(=O)O)C12OCC(C)(CO1)CO2. The molecule has 3 saturated heterocycles. The number of rotatable bonds is 5. The summed E-state index contributed by atoms with van der Waals surface area (Å²) >= 11 is 0. The highest BCUT2D eigenvalue weighted by molar-refractivity contribution is 5.86. The van der Waals surface area contributed by atoms with Crippen LogP contribution in [0.4, 0.5) is 0 Å². The third-order valence-corrected chi connectivity index (χ3v) is 3.49. The first-order valence-corrected chi connectivity index (χ1v) is 6.46. The Bertz CT molecular complexity index is 388. The highest BCUT2D eigenvalue weighted by Gasteiger charge is 2.54. The lowest BCUT2D eigenvalue weighted by Gasteiger charge is -2.52. The Labute approximate surface area is 116 Å².